The van der Waals surface area contributed by atoms with Gasteiger partial charge in [0.25, 0.3) is 8.32 Å². The summed E-state index contributed by atoms with van der Waals surface area (Å²) in [7, 11) is -0.801. The van der Waals surface area contributed by atoms with E-state index in [2.05, 4.69) is 102 Å². The summed E-state index contributed by atoms with van der Waals surface area (Å²) in [6, 6.07) is 21.7. The van der Waals surface area contributed by atoms with Gasteiger partial charge in [0.1, 0.15) is 6.79 Å². The van der Waals surface area contributed by atoms with E-state index < -0.39 is 8.32 Å². The summed E-state index contributed by atoms with van der Waals surface area (Å²) in [5.41, 5.74) is 0. The van der Waals surface area contributed by atoms with Crippen molar-refractivity contribution >= 4 is 18.7 Å². The van der Waals surface area contributed by atoms with E-state index in [1.54, 1.807) is 7.11 Å². The van der Waals surface area contributed by atoms with Crippen molar-refractivity contribution in [1.82, 2.24) is 0 Å². The van der Waals surface area contributed by atoms with Crippen LogP contribution < -0.4 is 10.4 Å². The summed E-state index contributed by atoms with van der Waals surface area (Å²) in [5, 5.41) is 2.66. The third-order valence-corrected chi connectivity index (χ3v) is 11.4. The molecule has 0 aliphatic heterocycles. The van der Waals surface area contributed by atoms with Crippen LogP contribution in [0.25, 0.3) is 0 Å². The third-order valence-electron chi connectivity index (χ3n) is 6.37. The Kier molecular flexibility index (Phi) is 10.4. The van der Waals surface area contributed by atoms with Gasteiger partial charge in [-0.3, -0.25) is 0 Å². The molecule has 2 aromatic rings. The van der Waals surface area contributed by atoms with Gasteiger partial charge in [0, 0.05) is 19.6 Å². The maximum absolute atomic E-state index is 7.02. The molecular formula is C28H42O3Si. The first kappa shape index (κ1) is 26.5. The summed E-state index contributed by atoms with van der Waals surface area (Å²) in [6.07, 6.45) is 4.09. The molecular weight excluding hydrogens is 412 g/mol. The molecule has 0 amide bonds. The van der Waals surface area contributed by atoms with E-state index in [0.29, 0.717) is 12.7 Å². The second-order valence-corrected chi connectivity index (χ2v) is 14.1. The average Bonchev–Trinajstić information content (AvgIpc) is 2.79. The number of hydrogen-bond acceptors (Lipinski definition) is 3. The van der Waals surface area contributed by atoms with E-state index in [4.69, 9.17) is 13.9 Å². The average molecular weight is 455 g/mol. The number of ether oxygens (including phenoxy) is 2. The Hall–Kier alpha value is -1.72. The molecule has 2 rings (SSSR count). The van der Waals surface area contributed by atoms with Gasteiger partial charge < -0.3 is 13.9 Å². The molecule has 2 aromatic carbocycles. The monoisotopic (exact) mass is 454 g/mol. The molecule has 0 aliphatic rings. The molecule has 0 unspecified atom stereocenters. The fraction of sp³-hybridized carbons (Fsp3) is 0.500. The molecule has 0 fully saturated rings. The molecule has 0 N–H and O–H groups in total. The standard InChI is InChI=1S/C28H42O3Si/c1-8-23(2)27(30-22-29-7)24(3)16-15-21-31-32(28(4,5)6,25-17-11-9-12-18-25)26-19-13-10-14-20-26/h8-14,17-20,23-24,27H,1,15-16,21-22H2,2-7H3/t23-,24+,27+/m0/s1. The number of hydrogen-bond donors (Lipinski definition) is 0. The van der Waals surface area contributed by atoms with Crippen LogP contribution in [0.2, 0.25) is 5.04 Å². The van der Waals surface area contributed by atoms with Crippen LogP contribution in [0.1, 0.15) is 47.5 Å². The van der Waals surface area contributed by atoms with Crippen LogP contribution in [-0.2, 0) is 13.9 Å². The highest BCUT2D eigenvalue weighted by Gasteiger charge is 2.49. The molecule has 32 heavy (non-hydrogen) atoms. The third kappa shape index (κ3) is 6.41. The minimum Gasteiger partial charge on any atom is -0.407 e. The molecule has 0 spiro atoms. The Balaban J connectivity index is 2.20. The smallest absolute Gasteiger partial charge is 0.261 e. The van der Waals surface area contributed by atoms with E-state index in [1.165, 1.54) is 10.4 Å². The van der Waals surface area contributed by atoms with Crippen LogP contribution in [0.15, 0.2) is 73.3 Å². The molecule has 0 saturated carbocycles. The predicted molar refractivity (Wildman–Crippen MR) is 138 cm³/mol. The van der Waals surface area contributed by atoms with Gasteiger partial charge in [-0.2, -0.15) is 0 Å². The summed E-state index contributed by atoms with van der Waals surface area (Å²) >= 11 is 0. The Labute approximate surface area is 196 Å². The number of benzene rings is 2. The zero-order valence-corrected chi connectivity index (χ0v) is 21.8. The Bertz CT molecular complexity index is 746. The summed E-state index contributed by atoms with van der Waals surface area (Å²) < 4.78 is 18.1. The van der Waals surface area contributed by atoms with E-state index in [9.17, 15) is 0 Å². The van der Waals surface area contributed by atoms with Crippen molar-refractivity contribution < 1.29 is 13.9 Å². The van der Waals surface area contributed by atoms with Crippen LogP contribution in [0.3, 0.4) is 0 Å². The van der Waals surface area contributed by atoms with E-state index in [0.717, 1.165) is 19.4 Å². The van der Waals surface area contributed by atoms with Gasteiger partial charge >= 0.3 is 0 Å². The summed E-state index contributed by atoms with van der Waals surface area (Å²) in [6.45, 7) is 16.4. The number of methoxy groups -OCH3 is 1. The Morgan fingerprint density at radius 3 is 1.91 bits per heavy atom. The lowest BCUT2D eigenvalue weighted by Crippen LogP contribution is -2.66. The Morgan fingerprint density at radius 1 is 0.938 bits per heavy atom. The highest BCUT2D eigenvalue weighted by Crippen LogP contribution is 2.37. The van der Waals surface area contributed by atoms with Crippen molar-refractivity contribution in [2.45, 2.75) is 58.6 Å². The highest BCUT2D eigenvalue weighted by atomic mass is 28.4. The van der Waals surface area contributed by atoms with Crippen molar-refractivity contribution in [3.8, 4) is 0 Å². The lowest BCUT2D eigenvalue weighted by molar-refractivity contribution is -0.102. The highest BCUT2D eigenvalue weighted by molar-refractivity contribution is 6.99. The Morgan fingerprint density at radius 2 is 1.47 bits per heavy atom. The second-order valence-electron chi connectivity index (χ2n) is 9.76. The van der Waals surface area contributed by atoms with E-state index in [1.807, 2.05) is 6.08 Å². The van der Waals surface area contributed by atoms with Crippen LogP contribution in [0.5, 0.6) is 0 Å². The van der Waals surface area contributed by atoms with Gasteiger partial charge in [0.05, 0.1) is 6.10 Å². The second kappa shape index (κ2) is 12.5. The normalized spacial score (nSPS) is 15.2. The van der Waals surface area contributed by atoms with E-state index in [-0.39, 0.29) is 17.1 Å². The summed E-state index contributed by atoms with van der Waals surface area (Å²) in [5.74, 6) is 0.665. The molecule has 4 heteroatoms. The van der Waals surface area contributed by atoms with Crippen LogP contribution in [-0.4, -0.2) is 34.9 Å². The van der Waals surface area contributed by atoms with Gasteiger partial charge in [-0.05, 0) is 34.2 Å². The zero-order chi connectivity index (χ0) is 23.6. The quantitative estimate of drug-likeness (QED) is 0.166. The zero-order valence-electron chi connectivity index (χ0n) is 20.8. The molecule has 0 saturated heterocycles. The molecule has 0 radical (unpaired) electrons. The topological polar surface area (TPSA) is 27.7 Å². The van der Waals surface area contributed by atoms with Gasteiger partial charge in [-0.25, -0.2) is 0 Å². The predicted octanol–water partition coefficient (Wildman–Crippen LogP) is 5.79. The van der Waals surface area contributed by atoms with Crippen molar-refractivity contribution in [3.63, 3.8) is 0 Å². The van der Waals surface area contributed by atoms with Gasteiger partial charge in [0.15, 0.2) is 0 Å². The fourth-order valence-corrected chi connectivity index (χ4v) is 9.28. The first-order valence-electron chi connectivity index (χ1n) is 11.8. The van der Waals surface area contributed by atoms with Crippen molar-refractivity contribution in [2.24, 2.45) is 11.8 Å². The van der Waals surface area contributed by atoms with Crippen LogP contribution in [0.4, 0.5) is 0 Å². The molecule has 0 aromatic heterocycles. The van der Waals surface area contributed by atoms with E-state index >= 15 is 0 Å². The maximum Gasteiger partial charge on any atom is 0.261 e. The van der Waals surface area contributed by atoms with Crippen molar-refractivity contribution in [2.75, 3.05) is 20.5 Å². The van der Waals surface area contributed by atoms with Gasteiger partial charge in [0.2, 0.25) is 0 Å². The molecule has 0 aliphatic carbocycles. The summed E-state index contributed by atoms with van der Waals surface area (Å²) in [4.78, 5) is 0. The van der Waals surface area contributed by atoms with Crippen molar-refractivity contribution in [3.05, 3.63) is 73.3 Å². The molecule has 0 heterocycles. The van der Waals surface area contributed by atoms with Crippen LogP contribution in [0, 0.1) is 11.8 Å². The SMILES string of the molecule is C=C[C@H](C)[C@@H](OCOC)[C@H](C)CCCO[Si](c1ccccc1)(c1ccccc1)C(C)(C)C. The molecule has 3 atom stereocenters. The van der Waals surface area contributed by atoms with Gasteiger partial charge in [-0.15, -0.1) is 6.58 Å². The maximum atomic E-state index is 7.02. The molecule has 0 bridgehead atoms. The van der Waals surface area contributed by atoms with Gasteiger partial charge in [-0.1, -0.05) is 101 Å². The molecule has 176 valence electrons. The first-order valence-corrected chi connectivity index (χ1v) is 13.7. The minimum atomic E-state index is -2.47. The lowest BCUT2D eigenvalue weighted by Gasteiger charge is -2.43. The largest absolute Gasteiger partial charge is 0.407 e. The fourth-order valence-electron chi connectivity index (χ4n) is 4.67. The van der Waals surface area contributed by atoms with Crippen LogP contribution >= 0.6 is 0 Å². The minimum absolute atomic E-state index is 0.00277. The number of rotatable bonds is 13. The first-order chi connectivity index (χ1) is 15.3. The molecule has 3 nitrogen and oxygen atoms in total. The van der Waals surface area contributed by atoms with Crippen molar-refractivity contribution in [1.29, 1.82) is 0 Å². The lowest BCUT2D eigenvalue weighted by atomic mass is 9.90.